The minimum atomic E-state index is 0.267. The van der Waals surface area contributed by atoms with E-state index in [0.717, 1.165) is 33.4 Å². The largest absolute Gasteiger partial charge is 0.508 e. The fourth-order valence-electron chi connectivity index (χ4n) is 2.25. The zero-order chi connectivity index (χ0) is 16.9. The quantitative estimate of drug-likeness (QED) is 0.371. The Morgan fingerprint density at radius 2 is 2.04 bits per heavy atom. The molecule has 0 spiro atoms. The molecule has 4 N–H and O–H groups in total. The average Bonchev–Trinajstić information content (AvgIpc) is 3.04. The van der Waals surface area contributed by atoms with E-state index >= 15 is 0 Å². The summed E-state index contributed by atoms with van der Waals surface area (Å²) in [4.78, 5) is 4.52. The molecule has 0 aliphatic heterocycles. The molecule has 2 aromatic carbocycles. The third-order valence-electron chi connectivity index (χ3n) is 3.43. The van der Waals surface area contributed by atoms with Gasteiger partial charge < -0.3 is 10.8 Å². The maximum Gasteiger partial charge on any atom is 0.203 e. The van der Waals surface area contributed by atoms with Crippen molar-refractivity contribution in [3.05, 3.63) is 59.5 Å². The van der Waals surface area contributed by atoms with E-state index in [-0.39, 0.29) is 5.75 Å². The van der Waals surface area contributed by atoms with Crippen molar-refractivity contribution in [3.8, 4) is 17.0 Å². The van der Waals surface area contributed by atoms with Gasteiger partial charge in [0.05, 0.1) is 5.69 Å². The average molecular weight is 338 g/mol. The summed E-state index contributed by atoms with van der Waals surface area (Å²) >= 11 is 1.50. The summed E-state index contributed by atoms with van der Waals surface area (Å²) in [5.41, 5.74) is 13.4. The van der Waals surface area contributed by atoms with E-state index in [2.05, 4.69) is 15.5 Å². The van der Waals surface area contributed by atoms with Crippen LogP contribution in [0.2, 0.25) is 0 Å². The van der Waals surface area contributed by atoms with Crippen LogP contribution >= 0.6 is 11.3 Å². The standard InChI is InChI=1S/C18H18N4OS/c1-12(9-13-5-7-16(23)8-6-13)21-22-18-20-17(11-24-18)14-3-2-4-15(19)10-14/h2-8,10-11,23H,9,19H2,1H3,(H,20,22). The highest BCUT2D eigenvalue weighted by Crippen LogP contribution is 2.26. The Labute approximate surface area is 144 Å². The number of phenols is 1. The van der Waals surface area contributed by atoms with E-state index in [1.54, 1.807) is 12.1 Å². The molecular weight excluding hydrogens is 320 g/mol. The molecule has 0 atom stereocenters. The van der Waals surface area contributed by atoms with Crippen LogP contribution in [0.15, 0.2) is 59.0 Å². The molecule has 1 aromatic heterocycles. The van der Waals surface area contributed by atoms with Crippen molar-refractivity contribution in [1.29, 1.82) is 0 Å². The van der Waals surface area contributed by atoms with Crippen molar-refractivity contribution in [1.82, 2.24) is 4.98 Å². The number of benzene rings is 2. The first kappa shape index (κ1) is 16.0. The van der Waals surface area contributed by atoms with Gasteiger partial charge in [-0.25, -0.2) is 4.98 Å². The number of phenolic OH excluding ortho intramolecular Hbond substituents is 1. The molecule has 0 aliphatic carbocycles. The number of anilines is 2. The molecule has 0 amide bonds. The first-order chi connectivity index (χ1) is 11.6. The summed E-state index contributed by atoms with van der Waals surface area (Å²) < 4.78 is 0. The number of thiazole rings is 1. The van der Waals surface area contributed by atoms with Crippen molar-refractivity contribution in [2.24, 2.45) is 5.10 Å². The SMILES string of the molecule is CC(Cc1ccc(O)cc1)=NNc1nc(-c2cccc(N)c2)cs1. The maximum absolute atomic E-state index is 9.30. The molecule has 6 heteroatoms. The Morgan fingerprint density at radius 1 is 1.25 bits per heavy atom. The number of nitrogen functional groups attached to an aromatic ring is 1. The van der Waals surface area contributed by atoms with Crippen LogP contribution < -0.4 is 11.2 Å². The second-order valence-electron chi connectivity index (χ2n) is 5.47. The molecule has 0 fully saturated rings. The van der Waals surface area contributed by atoms with Gasteiger partial charge in [0.25, 0.3) is 0 Å². The monoisotopic (exact) mass is 338 g/mol. The van der Waals surface area contributed by atoms with E-state index in [0.29, 0.717) is 6.42 Å². The normalized spacial score (nSPS) is 11.5. The molecule has 0 saturated heterocycles. The number of rotatable bonds is 5. The highest BCUT2D eigenvalue weighted by Gasteiger charge is 2.04. The van der Waals surface area contributed by atoms with Crippen molar-refractivity contribution in [2.75, 3.05) is 11.2 Å². The number of aromatic nitrogens is 1. The van der Waals surface area contributed by atoms with Gasteiger partial charge in [-0.2, -0.15) is 5.10 Å². The fraction of sp³-hybridized carbons (Fsp3) is 0.111. The molecule has 0 unspecified atom stereocenters. The summed E-state index contributed by atoms with van der Waals surface area (Å²) in [6.07, 6.45) is 0.709. The lowest BCUT2D eigenvalue weighted by atomic mass is 10.1. The molecule has 3 aromatic rings. The van der Waals surface area contributed by atoms with Crippen molar-refractivity contribution in [3.63, 3.8) is 0 Å². The van der Waals surface area contributed by atoms with E-state index < -0.39 is 0 Å². The van der Waals surface area contributed by atoms with Crippen LogP contribution in [0.1, 0.15) is 12.5 Å². The summed E-state index contributed by atoms with van der Waals surface area (Å²) in [5.74, 6) is 0.267. The van der Waals surface area contributed by atoms with E-state index in [9.17, 15) is 5.11 Å². The summed E-state index contributed by atoms with van der Waals surface area (Å²) in [6.45, 7) is 1.95. The molecule has 0 saturated carbocycles. The number of hydrogen-bond donors (Lipinski definition) is 3. The predicted octanol–water partition coefficient (Wildman–Crippen LogP) is 4.13. The van der Waals surface area contributed by atoms with Gasteiger partial charge in [-0.3, -0.25) is 5.43 Å². The zero-order valence-corrected chi connectivity index (χ0v) is 14.0. The van der Waals surface area contributed by atoms with Crippen molar-refractivity contribution < 1.29 is 5.11 Å². The number of nitrogens with two attached hydrogens (primary N) is 1. The zero-order valence-electron chi connectivity index (χ0n) is 13.2. The third kappa shape index (κ3) is 4.11. The molecule has 24 heavy (non-hydrogen) atoms. The molecule has 1 heterocycles. The molecule has 0 aliphatic rings. The van der Waals surface area contributed by atoms with Crippen LogP contribution in [0, 0.1) is 0 Å². The van der Waals surface area contributed by atoms with Crippen molar-refractivity contribution in [2.45, 2.75) is 13.3 Å². The second kappa shape index (κ2) is 7.14. The molecule has 5 nitrogen and oxygen atoms in total. The highest BCUT2D eigenvalue weighted by atomic mass is 32.1. The van der Waals surface area contributed by atoms with Gasteiger partial charge in [-0.15, -0.1) is 11.3 Å². The number of nitrogens with one attached hydrogen (secondary N) is 1. The third-order valence-corrected chi connectivity index (χ3v) is 4.17. The van der Waals surface area contributed by atoms with Crippen molar-refractivity contribution >= 4 is 27.9 Å². The number of hydrogen-bond acceptors (Lipinski definition) is 6. The van der Waals surface area contributed by atoms with Crippen LogP contribution in [-0.2, 0) is 6.42 Å². The van der Waals surface area contributed by atoms with Gasteiger partial charge in [-0.1, -0.05) is 24.3 Å². The van der Waals surface area contributed by atoms with E-state index in [4.69, 9.17) is 5.73 Å². The van der Waals surface area contributed by atoms with E-state index in [1.807, 2.05) is 48.7 Å². The van der Waals surface area contributed by atoms with Gasteiger partial charge in [0.15, 0.2) is 0 Å². The van der Waals surface area contributed by atoms with Gasteiger partial charge in [-0.05, 0) is 36.8 Å². The Kier molecular flexibility index (Phi) is 4.77. The Morgan fingerprint density at radius 3 is 2.79 bits per heavy atom. The lowest BCUT2D eigenvalue weighted by Crippen LogP contribution is -2.01. The van der Waals surface area contributed by atoms with Crippen LogP contribution in [0.5, 0.6) is 5.75 Å². The summed E-state index contributed by atoms with van der Waals surface area (Å²) in [7, 11) is 0. The fourth-order valence-corrected chi connectivity index (χ4v) is 2.91. The summed E-state index contributed by atoms with van der Waals surface area (Å²) in [6, 6.07) is 14.8. The lowest BCUT2D eigenvalue weighted by Gasteiger charge is -2.02. The van der Waals surface area contributed by atoms with Crippen LogP contribution in [0.3, 0.4) is 0 Å². The minimum Gasteiger partial charge on any atom is -0.508 e. The smallest absolute Gasteiger partial charge is 0.203 e. The molecule has 3 rings (SSSR count). The second-order valence-corrected chi connectivity index (χ2v) is 6.32. The predicted molar refractivity (Wildman–Crippen MR) is 101 cm³/mol. The van der Waals surface area contributed by atoms with Crippen LogP contribution in [0.25, 0.3) is 11.3 Å². The highest BCUT2D eigenvalue weighted by molar-refractivity contribution is 7.14. The van der Waals surface area contributed by atoms with Gasteiger partial charge >= 0.3 is 0 Å². The van der Waals surface area contributed by atoms with Gasteiger partial charge in [0.1, 0.15) is 5.75 Å². The topological polar surface area (TPSA) is 83.5 Å². The molecule has 0 bridgehead atoms. The summed E-state index contributed by atoms with van der Waals surface area (Å²) in [5, 5.41) is 16.4. The minimum absolute atomic E-state index is 0.267. The van der Waals surface area contributed by atoms with Gasteiger partial charge in [0.2, 0.25) is 5.13 Å². The lowest BCUT2D eigenvalue weighted by molar-refractivity contribution is 0.475. The first-order valence-corrected chi connectivity index (χ1v) is 8.36. The maximum atomic E-state index is 9.30. The molecule has 122 valence electrons. The Hall–Kier alpha value is -2.86. The van der Waals surface area contributed by atoms with Gasteiger partial charge in [0, 0.05) is 28.8 Å². The van der Waals surface area contributed by atoms with Crippen LogP contribution in [0.4, 0.5) is 10.8 Å². The van der Waals surface area contributed by atoms with Crippen LogP contribution in [-0.4, -0.2) is 15.8 Å². The number of hydrazone groups is 1. The molecular formula is C18H18N4OS. The Balaban J connectivity index is 1.65. The number of aromatic hydroxyl groups is 1. The molecule has 0 radical (unpaired) electrons. The first-order valence-electron chi connectivity index (χ1n) is 7.49. The number of nitrogens with zero attached hydrogens (tertiary/aromatic N) is 2. The van der Waals surface area contributed by atoms with E-state index in [1.165, 1.54) is 11.3 Å². The Bertz CT molecular complexity index is 855.